The lowest BCUT2D eigenvalue weighted by molar-refractivity contribution is 0.370. The van der Waals surface area contributed by atoms with E-state index in [4.69, 9.17) is 11.2 Å². The molecule has 0 aliphatic rings. The van der Waals surface area contributed by atoms with E-state index < -0.39 is 0 Å². The minimum atomic E-state index is 0.249. The molecule has 5 heteroatoms. The molecule has 28 heavy (non-hydrogen) atoms. The molecular weight excluding hydrogens is 414 g/mol. The molecule has 1 aromatic heterocycles. The number of aromatic nitrogens is 2. The van der Waals surface area contributed by atoms with Crippen molar-refractivity contribution in [3.05, 3.63) is 77.3 Å². The average Bonchev–Trinajstić information content (AvgIpc) is 2.74. The summed E-state index contributed by atoms with van der Waals surface area (Å²) in [5.74, 6) is 3.91. The zero-order valence-electron chi connectivity index (χ0n) is 14.9. The number of hydrogen-bond donors (Lipinski definition) is 1. The molecule has 0 aliphatic heterocycles. The number of terminal acetylenes is 1. The Labute approximate surface area is 171 Å². The molecule has 0 spiro atoms. The molecular formula is C23H16BrN3O. The monoisotopic (exact) mass is 429 g/mol. The van der Waals surface area contributed by atoms with Crippen LogP contribution in [0.5, 0.6) is 5.75 Å². The summed E-state index contributed by atoms with van der Waals surface area (Å²) in [5.41, 5.74) is 2.73. The van der Waals surface area contributed by atoms with E-state index in [1.807, 2.05) is 66.7 Å². The number of ether oxygens (including phenoxy) is 1. The second kappa shape index (κ2) is 8.12. The number of nitrogens with one attached hydrogen (secondary N) is 1. The van der Waals surface area contributed by atoms with E-state index in [9.17, 15) is 0 Å². The Balaban J connectivity index is 1.71. The predicted molar refractivity (Wildman–Crippen MR) is 117 cm³/mol. The average molecular weight is 430 g/mol. The third kappa shape index (κ3) is 3.83. The van der Waals surface area contributed by atoms with Crippen molar-refractivity contribution in [2.45, 2.75) is 0 Å². The van der Waals surface area contributed by atoms with E-state index in [2.05, 4.69) is 43.4 Å². The van der Waals surface area contributed by atoms with Gasteiger partial charge in [-0.25, -0.2) is 0 Å². The van der Waals surface area contributed by atoms with Crippen LogP contribution in [0, 0.1) is 12.3 Å². The first-order valence-electron chi connectivity index (χ1n) is 8.69. The fourth-order valence-corrected chi connectivity index (χ4v) is 3.18. The lowest BCUT2D eigenvalue weighted by atomic mass is 10.0. The maximum Gasteiger partial charge on any atom is 0.161 e. The molecule has 3 aromatic carbocycles. The largest absolute Gasteiger partial charge is 0.481 e. The van der Waals surface area contributed by atoms with Crippen molar-refractivity contribution >= 4 is 38.2 Å². The molecule has 1 heterocycles. The molecule has 4 rings (SSSR count). The standard InChI is InChI=1S/C23H16BrN3O/c1-2-15-28-19-13-7-16(8-14-19)22-20-5-3-4-6-21(20)23(27-26-22)25-18-11-9-17(24)10-12-18/h1,3-14H,15H2,(H,25,27). The topological polar surface area (TPSA) is 47.0 Å². The van der Waals surface area contributed by atoms with Crippen molar-refractivity contribution in [2.75, 3.05) is 11.9 Å². The third-order valence-electron chi connectivity index (χ3n) is 4.24. The van der Waals surface area contributed by atoms with Crippen LogP contribution in [0.2, 0.25) is 0 Å². The Hall–Kier alpha value is -3.36. The van der Waals surface area contributed by atoms with Crippen LogP contribution in [0.15, 0.2) is 77.3 Å². The summed E-state index contributed by atoms with van der Waals surface area (Å²) in [7, 11) is 0. The highest BCUT2D eigenvalue weighted by molar-refractivity contribution is 9.10. The van der Waals surface area contributed by atoms with Crippen LogP contribution < -0.4 is 10.1 Å². The summed E-state index contributed by atoms with van der Waals surface area (Å²) in [6, 6.07) is 23.7. The number of fused-ring (bicyclic) bond motifs is 1. The molecule has 0 saturated heterocycles. The fourth-order valence-electron chi connectivity index (χ4n) is 2.91. The Kier molecular flexibility index (Phi) is 5.22. The lowest BCUT2D eigenvalue weighted by Gasteiger charge is -2.11. The third-order valence-corrected chi connectivity index (χ3v) is 4.77. The summed E-state index contributed by atoms with van der Waals surface area (Å²) in [6.07, 6.45) is 5.23. The first-order chi connectivity index (χ1) is 13.7. The summed E-state index contributed by atoms with van der Waals surface area (Å²) >= 11 is 3.45. The Morgan fingerprint density at radius 3 is 2.32 bits per heavy atom. The molecule has 136 valence electrons. The van der Waals surface area contributed by atoms with Gasteiger partial charge in [-0.15, -0.1) is 16.6 Å². The maximum atomic E-state index is 5.44. The van der Waals surface area contributed by atoms with Crippen LogP contribution in [0.1, 0.15) is 0 Å². The molecule has 1 N–H and O–H groups in total. The lowest BCUT2D eigenvalue weighted by Crippen LogP contribution is -1.99. The second-order valence-corrected chi connectivity index (χ2v) is 7.01. The predicted octanol–water partition coefficient (Wildman–Crippen LogP) is 5.81. The van der Waals surface area contributed by atoms with Gasteiger partial charge in [-0.3, -0.25) is 0 Å². The van der Waals surface area contributed by atoms with Crippen molar-refractivity contribution in [1.82, 2.24) is 10.2 Å². The maximum absolute atomic E-state index is 5.44. The first kappa shape index (κ1) is 18.0. The molecule has 0 amide bonds. The van der Waals surface area contributed by atoms with Gasteiger partial charge < -0.3 is 10.1 Å². The summed E-state index contributed by atoms with van der Waals surface area (Å²) in [4.78, 5) is 0. The van der Waals surface area contributed by atoms with Crippen LogP contribution in [-0.2, 0) is 0 Å². The Morgan fingerprint density at radius 1 is 0.893 bits per heavy atom. The SMILES string of the molecule is C#CCOc1ccc(-c2nnc(Nc3ccc(Br)cc3)c3ccccc23)cc1. The van der Waals surface area contributed by atoms with Crippen molar-refractivity contribution in [3.8, 4) is 29.4 Å². The normalized spacial score (nSPS) is 10.4. The van der Waals surface area contributed by atoms with E-state index >= 15 is 0 Å². The molecule has 0 saturated carbocycles. The fraction of sp³-hybridized carbons (Fsp3) is 0.0435. The number of halogens is 1. The summed E-state index contributed by atoms with van der Waals surface area (Å²) in [5, 5.41) is 14.3. The van der Waals surface area contributed by atoms with Gasteiger partial charge in [-0.2, -0.15) is 0 Å². The van der Waals surface area contributed by atoms with E-state index in [0.717, 1.165) is 43.8 Å². The summed E-state index contributed by atoms with van der Waals surface area (Å²) < 4.78 is 6.47. The van der Waals surface area contributed by atoms with Gasteiger partial charge in [0.25, 0.3) is 0 Å². The minimum Gasteiger partial charge on any atom is -0.481 e. The van der Waals surface area contributed by atoms with Crippen molar-refractivity contribution in [1.29, 1.82) is 0 Å². The molecule has 4 nitrogen and oxygen atoms in total. The van der Waals surface area contributed by atoms with Gasteiger partial charge in [0.15, 0.2) is 5.82 Å². The number of benzene rings is 3. The Bertz CT molecular complexity index is 1150. The number of nitrogens with zero attached hydrogens (tertiary/aromatic N) is 2. The van der Waals surface area contributed by atoms with Gasteiger partial charge in [-0.1, -0.05) is 46.1 Å². The van der Waals surface area contributed by atoms with E-state index in [1.54, 1.807) is 0 Å². The van der Waals surface area contributed by atoms with E-state index in [1.165, 1.54) is 0 Å². The highest BCUT2D eigenvalue weighted by Crippen LogP contribution is 2.32. The molecule has 0 atom stereocenters. The minimum absolute atomic E-state index is 0.249. The van der Waals surface area contributed by atoms with Crippen LogP contribution >= 0.6 is 15.9 Å². The molecule has 0 radical (unpaired) electrons. The quantitative estimate of drug-likeness (QED) is 0.406. The van der Waals surface area contributed by atoms with Crippen LogP contribution in [-0.4, -0.2) is 16.8 Å². The van der Waals surface area contributed by atoms with Crippen molar-refractivity contribution in [2.24, 2.45) is 0 Å². The van der Waals surface area contributed by atoms with Gasteiger partial charge in [0.2, 0.25) is 0 Å². The second-order valence-electron chi connectivity index (χ2n) is 6.09. The molecule has 0 bridgehead atoms. The van der Waals surface area contributed by atoms with Gasteiger partial charge in [0.1, 0.15) is 18.1 Å². The molecule has 4 aromatic rings. The number of anilines is 2. The van der Waals surface area contributed by atoms with Crippen molar-refractivity contribution < 1.29 is 4.74 Å². The first-order valence-corrected chi connectivity index (χ1v) is 9.48. The molecule has 0 unspecified atom stereocenters. The number of rotatable bonds is 5. The van der Waals surface area contributed by atoms with Crippen molar-refractivity contribution in [3.63, 3.8) is 0 Å². The van der Waals surface area contributed by atoms with Crippen LogP contribution in [0.25, 0.3) is 22.0 Å². The van der Waals surface area contributed by atoms with Crippen LogP contribution in [0.4, 0.5) is 11.5 Å². The highest BCUT2D eigenvalue weighted by Gasteiger charge is 2.11. The van der Waals surface area contributed by atoms with Gasteiger partial charge in [-0.05, 0) is 48.5 Å². The molecule has 0 aliphatic carbocycles. The summed E-state index contributed by atoms with van der Waals surface area (Å²) in [6.45, 7) is 0.249. The van der Waals surface area contributed by atoms with Gasteiger partial charge >= 0.3 is 0 Å². The van der Waals surface area contributed by atoms with Gasteiger partial charge in [0.05, 0.1) is 0 Å². The zero-order valence-corrected chi connectivity index (χ0v) is 16.5. The zero-order chi connectivity index (χ0) is 19.3. The van der Waals surface area contributed by atoms with E-state index in [-0.39, 0.29) is 6.61 Å². The van der Waals surface area contributed by atoms with Crippen LogP contribution in [0.3, 0.4) is 0 Å². The highest BCUT2D eigenvalue weighted by atomic mass is 79.9. The Morgan fingerprint density at radius 2 is 1.61 bits per heavy atom. The number of hydrogen-bond acceptors (Lipinski definition) is 4. The molecule has 0 fully saturated rings. The smallest absolute Gasteiger partial charge is 0.161 e. The van der Waals surface area contributed by atoms with E-state index in [0.29, 0.717) is 0 Å². The van der Waals surface area contributed by atoms with Gasteiger partial charge in [0, 0.05) is 26.5 Å².